The molecule has 0 bridgehead atoms. The van der Waals surface area contributed by atoms with E-state index >= 15 is 0 Å². The molecule has 0 aromatic carbocycles. The Hall–Kier alpha value is -0.260. The second kappa shape index (κ2) is 3.40. The van der Waals surface area contributed by atoms with Crippen molar-refractivity contribution in [1.29, 1.82) is 0 Å². The van der Waals surface area contributed by atoms with Gasteiger partial charge in [-0.05, 0) is 49.4 Å². The van der Waals surface area contributed by atoms with Crippen LogP contribution in [0, 0.1) is 23.2 Å². The highest BCUT2D eigenvalue weighted by atomic mass is 14.5. The lowest BCUT2D eigenvalue weighted by atomic mass is 9.71. The van der Waals surface area contributed by atoms with Crippen LogP contribution in [0.3, 0.4) is 0 Å². The number of hydrogen-bond donors (Lipinski definition) is 0. The van der Waals surface area contributed by atoms with E-state index in [2.05, 4.69) is 27.4 Å². The molecule has 0 amide bonds. The molecule has 80 valence electrons. The van der Waals surface area contributed by atoms with E-state index in [0.717, 1.165) is 17.8 Å². The Morgan fingerprint density at radius 1 is 1.29 bits per heavy atom. The molecule has 0 aromatic heterocycles. The molecular formula is C14H24. The maximum Gasteiger partial charge on any atom is -0.0200 e. The molecule has 0 radical (unpaired) electrons. The average molecular weight is 192 g/mol. The van der Waals surface area contributed by atoms with Crippen LogP contribution < -0.4 is 0 Å². The van der Waals surface area contributed by atoms with Crippen molar-refractivity contribution in [2.24, 2.45) is 23.2 Å². The molecule has 1 spiro atoms. The van der Waals surface area contributed by atoms with Gasteiger partial charge in [0.15, 0.2) is 0 Å². The molecular weight excluding hydrogens is 168 g/mol. The summed E-state index contributed by atoms with van der Waals surface area (Å²) in [6.45, 7) is 11.3. The van der Waals surface area contributed by atoms with Crippen LogP contribution in [0.25, 0.3) is 0 Å². The Bertz CT molecular complexity index is 240. The predicted molar refractivity (Wildman–Crippen MR) is 62.2 cm³/mol. The van der Waals surface area contributed by atoms with Crippen LogP contribution in [0.1, 0.15) is 52.9 Å². The summed E-state index contributed by atoms with van der Waals surface area (Å²) in [7, 11) is 0. The van der Waals surface area contributed by atoms with Crippen LogP contribution in [0.5, 0.6) is 0 Å². The van der Waals surface area contributed by atoms with Crippen molar-refractivity contribution in [3.05, 3.63) is 12.2 Å². The summed E-state index contributed by atoms with van der Waals surface area (Å²) in [5.74, 6) is 2.72. The van der Waals surface area contributed by atoms with E-state index in [1.54, 1.807) is 0 Å². The minimum absolute atomic E-state index is 0.698. The number of allylic oxidation sites excluding steroid dienone is 1. The van der Waals surface area contributed by atoms with Crippen molar-refractivity contribution in [1.82, 2.24) is 0 Å². The van der Waals surface area contributed by atoms with Crippen LogP contribution in [-0.2, 0) is 0 Å². The quantitative estimate of drug-likeness (QED) is 0.540. The second-order valence-corrected chi connectivity index (χ2v) is 5.91. The first-order chi connectivity index (χ1) is 6.56. The summed E-state index contributed by atoms with van der Waals surface area (Å²) in [6, 6.07) is 0. The van der Waals surface area contributed by atoms with Crippen LogP contribution in [0.15, 0.2) is 12.2 Å². The van der Waals surface area contributed by atoms with Gasteiger partial charge in [0.25, 0.3) is 0 Å². The lowest BCUT2D eigenvalue weighted by Gasteiger charge is -2.34. The summed E-state index contributed by atoms with van der Waals surface area (Å²) < 4.78 is 0. The van der Waals surface area contributed by atoms with Crippen molar-refractivity contribution in [2.45, 2.75) is 52.9 Å². The van der Waals surface area contributed by atoms with E-state index in [1.165, 1.54) is 37.7 Å². The molecule has 2 fully saturated rings. The summed E-state index contributed by atoms with van der Waals surface area (Å²) in [5, 5.41) is 0. The topological polar surface area (TPSA) is 0 Å². The molecule has 0 saturated heterocycles. The molecule has 2 aliphatic rings. The summed E-state index contributed by atoms with van der Waals surface area (Å²) in [6.07, 6.45) is 7.26. The fourth-order valence-electron chi connectivity index (χ4n) is 4.09. The molecule has 0 aliphatic heterocycles. The molecule has 0 aromatic rings. The molecule has 4 unspecified atom stereocenters. The minimum atomic E-state index is 0.698. The van der Waals surface area contributed by atoms with Crippen molar-refractivity contribution >= 4 is 0 Å². The van der Waals surface area contributed by atoms with Gasteiger partial charge in [-0.2, -0.15) is 0 Å². The second-order valence-electron chi connectivity index (χ2n) is 5.91. The molecule has 0 heteroatoms. The molecule has 2 aliphatic carbocycles. The van der Waals surface area contributed by atoms with E-state index in [0.29, 0.717) is 5.41 Å². The molecule has 0 nitrogen and oxygen atoms in total. The Balaban J connectivity index is 2.17. The van der Waals surface area contributed by atoms with Gasteiger partial charge in [0.2, 0.25) is 0 Å². The highest BCUT2D eigenvalue weighted by Crippen LogP contribution is 2.59. The SMILES string of the molecule is C=C(C)C1CC(C)C2(CCCC2C)C1. The number of hydrogen-bond acceptors (Lipinski definition) is 0. The Labute approximate surface area is 88.8 Å². The number of rotatable bonds is 1. The van der Waals surface area contributed by atoms with Crippen LogP contribution >= 0.6 is 0 Å². The average Bonchev–Trinajstić information content (AvgIpc) is 2.62. The molecule has 14 heavy (non-hydrogen) atoms. The van der Waals surface area contributed by atoms with E-state index < -0.39 is 0 Å². The fraction of sp³-hybridized carbons (Fsp3) is 0.857. The molecule has 0 heterocycles. The minimum Gasteiger partial charge on any atom is -0.0999 e. The zero-order valence-corrected chi connectivity index (χ0v) is 9.97. The van der Waals surface area contributed by atoms with E-state index in [-0.39, 0.29) is 0 Å². The van der Waals surface area contributed by atoms with Gasteiger partial charge in [-0.1, -0.05) is 38.8 Å². The highest BCUT2D eigenvalue weighted by Gasteiger charge is 2.50. The van der Waals surface area contributed by atoms with Gasteiger partial charge in [0, 0.05) is 0 Å². The van der Waals surface area contributed by atoms with E-state index in [9.17, 15) is 0 Å². The smallest absolute Gasteiger partial charge is 0.0200 e. The standard InChI is InChI=1S/C14H24/c1-10(2)13-8-12(4)14(9-13)7-5-6-11(14)3/h11-13H,1,5-9H2,2-4H3. The van der Waals surface area contributed by atoms with Gasteiger partial charge < -0.3 is 0 Å². The van der Waals surface area contributed by atoms with E-state index in [4.69, 9.17) is 0 Å². The van der Waals surface area contributed by atoms with E-state index in [1.807, 2.05) is 0 Å². The fourth-order valence-corrected chi connectivity index (χ4v) is 4.09. The Kier molecular flexibility index (Phi) is 2.49. The zero-order valence-electron chi connectivity index (χ0n) is 9.97. The maximum absolute atomic E-state index is 4.15. The third-order valence-corrected chi connectivity index (χ3v) is 5.20. The lowest BCUT2D eigenvalue weighted by Crippen LogP contribution is -2.26. The maximum atomic E-state index is 4.15. The Morgan fingerprint density at radius 2 is 2.00 bits per heavy atom. The van der Waals surface area contributed by atoms with Crippen LogP contribution in [-0.4, -0.2) is 0 Å². The third-order valence-electron chi connectivity index (χ3n) is 5.20. The van der Waals surface area contributed by atoms with Gasteiger partial charge in [-0.25, -0.2) is 0 Å². The van der Waals surface area contributed by atoms with Crippen LogP contribution in [0.4, 0.5) is 0 Å². The molecule has 2 rings (SSSR count). The van der Waals surface area contributed by atoms with Crippen molar-refractivity contribution in [3.8, 4) is 0 Å². The van der Waals surface area contributed by atoms with Gasteiger partial charge in [-0.3, -0.25) is 0 Å². The predicted octanol–water partition coefficient (Wildman–Crippen LogP) is 4.42. The van der Waals surface area contributed by atoms with Crippen molar-refractivity contribution in [3.63, 3.8) is 0 Å². The molecule has 2 saturated carbocycles. The summed E-state index contributed by atoms with van der Waals surface area (Å²) in [5.41, 5.74) is 2.12. The molecule has 0 N–H and O–H groups in total. The lowest BCUT2D eigenvalue weighted by molar-refractivity contribution is 0.154. The first kappa shape index (κ1) is 10.3. The van der Waals surface area contributed by atoms with Gasteiger partial charge >= 0.3 is 0 Å². The Morgan fingerprint density at radius 3 is 2.43 bits per heavy atom. The van der Waals surface area contributed by atoms with Crippen molar-refractivity contribution < 1.29 is 0 Å². The monoisotopic (exact) mass is 192 g/mol. The summed E-state index contributed by atoms with van der Waals surface area (Å²) in [4.78, 5) is 0. The van der Waals surface area contributed by atoms with Crippen LogP contribution in [0.2, 0.25) is 0 Å². The van der Waals surface area contributed by atoms with Crippen molar-refractivity contribution in [2.75, 3.05) is 0 Å². The van der Waals surface area contributed by atoms with Gasteiger partial charge in [0.1, 0.15) is 0 Å². The van der Waals surface area contributed by atoms with Gasteiger partial charge in [-0.15, -0.1) is 0 Å². The zero-order chi connectivity index (χ0) is 10.3. The van der Waals surface area contributed by atoms with Gasteiger partial charge in [0.05, 0.1) is 0 Å². The normalized spacial score (nSPS) is 47.5. The first-order valence-corrected chi connectivity index (χ1v) is 6.21. The highest BCUT2D eigenvalue weighted by molar-refractivity contribution is 5.08. The largest absolute Gasteiger partial charge is 0.0999 e. The molecule has 4 atom stereocenters. The third kappa shape index (κ3) is 1.34. The first-order valence-electron chi connectivity index (χ1n) is 6.21. The summed E-state index contributed by atoms with van der Waals surface area (Å²) >= 11 is 0.